The summed E-state index contributed by atoms with van der Waals surface area (Å²) in [4.78, 5) is 23.5. The zero-order chi connectivity index (χ0) is 12.6. The average molecular weight is 263 g/mol. The molecule has 2 atom stereocenters. The van der Waals surface area contributed by atoms with Gasteiger partial charge in [0.2, 0.25) is 0 Å². The van der Waals surface area contributed by atoms with Crippen LogP contribution in [0.2, 0.25) is 0 Å². The molecule has 17 heavy (non-hydrogen) atoms. The lowest BCUT2D eigenvalue weighted by Crippen LogP contribution is -2.50. The molecular weight excluding hydrogens is 250 g/mol. The van der Waals surface area contributed by atoms with Crippen LogP contribution >= 0.6 is 0 Å². The summed E-state index contributed by atoms with van der Waals surface area (Å²) in [7, 11) is -3.10. The minimum Gasteiger partial charge on any atom is -0.481 e. The predicted molar refractivity (Wildman–Crippen MR) is 56.2 cm³/mol. The molecule has 2 saturated heterocycles. The molecule has 96 valence electrons. The van der Waals surface area contributed by atoms with Gasteiger partial charge in [-0.25, -0.2) is 13.2 Å². The summed E-state index contributed by atoms with van der Waals surface area (Å²) in [5.74, 6) is -1.88. The van der Waals surface area contributed by atoms with Crippen molar-refractivity contribution in [3.63, 3.8) is 0 Å². The monoisotopic (exact) mass is 263 g/mol. The van der Waals surface area contributed by atoms with Gasteiger partial charge in [0.1, 0.15) is 12.5 Å². The van der Waals surface area contributed by atoms with Crippen LogP contribution in [0.25, 0.3) is 0 Å². The number of hydrogen-bond donors (Lipinski definition) is 1. The van der Waals surface area contributed by atoms with Crippen molar-refractivity contribution in [3.8, 4) is 0 Å². The first-order valence-corrected chi connectivity index (χ1v) is 7.08. The number of amides is 1. The molecule has 2 rings (SSSR count). The van der Waals surface area contributed by atoms with Gasteiger partial charge in [-0.2, -0.15) is 0 Å². The van der Waals surface area contributed by atoms with Crippen LogP contribution in [0.3, 0.4) is 0 Å². The lowest BCUT2D eigenvalue weighted by atomic mass is 10.1. The second-order valence-corrected chi connectivity index (χ2v) is 6.55. The molecule has 2 aliphatic rings. The Balaban J connectivity index is 2.09. The van der Waals surface area contributed by atoms with Gasteiger partial charge in [-0.15, -0.1) is 0 Å². The Morgan fingerprint density at radius 2 is 2.18 bits per heavy atom. The van der Waals surface area contributed by atoms with Gasteiger partial charge in [0.05, 0.1) is 11.5 Å². The number of rotatable bonds is 2. The first kappa shape index (κ1) is 12.2. The molecule has 8 heteroatoms. The van der Waals surface area contributed by atoms with Crippen LogP contribution in [-0.2, 0) is 19.4 Å². The Labute approximate surface area is 98.3 Å². The minimum atomic E-state index is -3.10. The number of ether oxygens (including phenoxy) is 1. The van der Waals surface area contributed by atoms with Gasteiger partial charge in [-0.05, 0) is 6.42 Å². The molecule has 1 amide bonds. The summed E-state index contributed by atoms with van der Waals surface area (Å²) in [5, 5.41) is 8.85. The number of aliphatic carboxylic acids is 1. The lowest BCUT2D eigenvalue weighted by Gasteiger charge is -2.33. The zero-order valence-electron chi connectivity index (χ0n) is 9.03. The Morgan fingerprint density at radius 3 is 2.71 bits per heavy atom. The van der Waals surface area contributed by atoms with Gasteiger partial charge in [0.25, 0.3) is 0 Å². The largest absolute Gasteiger partial charge is 0.481 e. The highest BCUT2D eigenvalue weighted by molar-refractivity contribution is 7.91. The Hall–Kier alpha value is -1.31. The number of hydrogen-bond acceptors (Lipinski definition) is 5. The van der Waals surface area contributed by atoms with Crippen LogP contribution in [0.1, 0.15) is 6.42 Å². The van der Waals surface area contributed by atoms with Gasteiger partial charge in [-0.3, -0.25) is 4.79 Å². The quantitative estimate of drug-likeness (QED) is 0.708. The number of carboxylic acids is 1. The van der Waals surface area contributed by atoms with E-state index in [4.69, 9.17) is 9.84 Å². The van der Waals surface area contributed by atoms with Gasteiger partial charge < -0.3 is 14.7 Å². The molecule has 0 aromatic rings. The molecule has 2 heterocycles. The fraction of sp³-hybridized carbons (Fsp3) is 0.778. The SMILES string of the molecule is O=C(O)C1COC(=O)N(C2CCS(=O)(=O)C2)C1. The Bertz CT molecular complexity index is 444. The molecule has 1 N–H and O–H groups in total. The molecule has 0 bridgehead atoms. The zero-order valence-corrected chi connectivity index (χ0v) is 9.85. The van der Waals surface area contributed by atoms with Gasteiger partial charge in [-0.1, -0.05) is 0 Å². The molecule has 2 fully saturated rings. The van der Waals surface area contributed by atoms with Crippen molar-refractivity contribution in [3.05, 3.63) is 0 Å². The van der Waals surface area contributed by atoms with Crippen molar-refractivity contribution in [1.82, 2.24) is 4.90 Å². The fourth-order valence-electron chi connectivity index (χ4n) is 2.09. The maximum atomic E-state index is 11.5. The van der Waals surface area contributed by atoms with Crippen LogP contribution in [0.15, 0.2) is 0 Å². The maximum absolute atomic E-state index is 11.5. The molecule has 0 saturated carbocycles. The van der Waals surface area contributed by atoms with Crippen molar-refractivity contribution >= 4 is 21.9 Å². The van der Waals surface area contributed by atoms with Crippen molar-refractivity contribution in [2.24, 2.45) is 5.92 Å². The summed E-state index contributed by atoms with van der Waals surface area (Å²) < 4.78 is 27.4. The van der Waals surface area contributed by atoms with E-state index in [1.807, 2.05) is 0 Å². The predicted octanol–water partition coefficient (Wildman–Crippen LogP) is -0.673. The van der Waals surface area contributed by atoms with Gasteiger partial charge >= 0.3 is 12.1 Å². The molecule has 0 radical (unpaired) electrons. The number of nitrogens with zero attached hydrogens (tertiary/aromatic N) is 1. The van der Waals surface area contributed by atoms with Gasteiger partial charge in [0.15, 0.2) is 9.84 Å². The molecule has 0 spiro atoms. The van der Waals surface area contributed by atoms with Crippen LogP contribution in [0, 0.1) is 5.92 Å². The van der Waals surface area contributed by atoms with E-state index in [1.165, 1.54) is 4.90 Å². The number of carbonyl (C=O) groups is 2. The van der Waals surface area contributed by atoms with Crippen LogP contribution in [0.5, 0.6) is 0 Å². The van der Waals surface area contributed by atoms with E-state index >= 15 is 0 Å². The van der Waals surface area contributed by atoms with E-state index in [0.29, 0.717) is 6.42 Å². The van der Waals surface area contributed by atoms with Crippen LogP contribution < -0.4 is 0 Å². The van der Waals surface area contributed by atoms with Crippen molar-refractivity contribution in [1.29, 1.82) is 0 Å². The van der Waals surface area contributed by atoms with E-state index in [2.05, 4.69) is 0 Å². The standard InChI is InChI=1S/C9H13NO6S/c11-8(12)6-3-10(9(13)16-4-6)7-1-2-17(14,15)5-7/h6-7H,1-5H2,(H,11,12). The second kappa shape index (κ2) is 4.17. The Morgan fingerprint density at radius 1 is 1.47 bits per heavy atom. The van der Waals surface area contributed by atoms with Crippen LogP contribution in [-0.4, -0.2) is 61.2 Å². The number of carboxylic acid groups (broad SMARTS) is 1. The van der Waals surface area contributed by atoms with Gasteiger partial charge in [0, 0.05) is 12.6 Å². The average Bonchev–Trinajstić information content (AvgIpc) is 2.59. The van der Waals surface area contributed by atoms with Crippen LogP contribution in [0.4, 0.5) is 4.79 Å². The van der Waals surface area contributed by atoms with E-state index < -0.39 is 33.9 Å². The lowest BCUT2D eigenvalue weighted by molar-refractivity contribution is -0.145. The fourth-order valence-corrected chi connectivity index (χ4v) is 3.82. The number of carbonyl (C=O) groups excluding carboxylic acids is 1. The maximum Gasteiger partial charge on any atom is 0.410 e. The number of sulfone groups is 1. The molecule has 2 unspecified atom stereocenters. The molecule has 0 aromatic carbocycles. The Kier molecular flexibility index (Phi) is 2.98. The summed E-state index contributed by atoms with van der Waals surface area (Å²) in [6, 6.07) is -0.449. The van der Waals surface area contributed by atoms with Crippen molar-refractivity contribution < 1.29 is 27.9 Å². The molecule has 0 aliphatic carbocycles. The third kappa shape index (κ3) is 2.51. The molecule has 2 aliphatic heterocycles. The topological polar surface area (TPSA) is 101 Å². The van der Waals surface area contributed by atoms with Crippen molar-refractivity contribution in [2.45, 2.75) is 12.5 Å². The third-order valence-corrected chi connectivity index (χ3v) is 4.81. The summed E-state index contributed by atoms with van der Waals surface area (Å²) in [5.41, 5.74) is 0. The highest BCUT2D eigenvalue weighted by Gasteiger charge is 2.40. The molecule has 7 nitrogen and oxygen atoms in total. The number of cyclic esters (lactones) is 1. The van der Waals surface area contributed by atoms with E-state index in [0.717, 1.165) is 0 Å². The molecular formula is C9H13NO6S. The second-order valence-electron chi connectivity index (χ2n) is 4.32. The smallest absolute Gasteiger partial charge is 0.410 e. The highest BCUT2D eigenvalue weighted by atomic mass is 32.2. The summed E-state index contributed by atoms with van der Waals surface area (Å²) >= 11 is 0. The normalized spacial score (nSPS) is 32.2. The van der Waals surface area contributed by atoms with E-state index in [1.54, 1.807) is 0 Å². The highest BCUT2D eigenvalue weighted by Crippen LogP contribution is 2.22. The van der Waals surface area contributed by atoms with Crippen molar-refractivity contribution in [2.75, 3.05) is 24.7 Å². The minimum absolute atomic E-state index is 0.0222. The van der Waals surface area contributed by atoms with E-state index in [9.17, 15) is 18.0 Å². The molecule has 0 aromatic heterocycles. The summed E-state index contributed by atoms with van der Waals surface area (Å²) in [6.45, 7) is -0.126. The first-order valence-electron chi connectivity index (χ1n) is 5.26. The first-order chi connectivity index (χ1) is 7.89. The summed E-state index contributed by atoms with van der Waals surface area (Å²) in [6.07, 6.45) is -0.270. The third-order valence-electron chi connectivity index (χ3n) is 3.06. The van der Waals surface area contributed by atoms with E-state index in [-0.39, 0.29) is 24.7 Å².